The Bertz CT molecular complexity index is 910. The molecule has 6 heteroatoms. The van der Waals surface area contributed by atoms with Crippen LogP contribution in [0.15, 0.2) is 42.6 Å². The maximum atomic E-state index is 12.8. The van der Waals surface area contributed by atoms with Gasteiger partial charge in [0.25, 0.3) is 0 Å². The molecule has 1 saturated heterocycles. The first-order chi connectivity index (χ1) is 14.6. The second-order valence-corrected chi connectivity index (χ2v) is 9.22. The maximum Gasteiger partial charge on any atom is 0.226 e. The molecule has 0 radical (unpaired) electrons. The first-order valence-corrected chi connectivity index (χ1v) is 11.3. The normalized spacial score (nSPS) is 22.5. The zero-order valence-corrected chi connectivity index (χ0v) is 17.4. The Morgan fingerprint density at radius 2 is 1.87 bits per heavy atom. The van der Waals surface area contributed by atoms with Crippen LogP contribution in [0, 0.1) is 11.3 Å². The Labute approximate surface area is 177 Å². The lowest BCUT2D eigenvalue weighted by atomic mass is 9.79. The number of carbonyl (C=O) groups excluding carboxylic acids is 2. The number of benzene rings is 1. The number of hydrogen-bond acceptors (Lipinski definition) is 3. The molecule has 1 N–H and O–H groups in total. The number of amides is 2. The minimum Gasteiger partial charge on any atom is -0.342 e. The smallest absolute Gasteiger partial charge is 0.226 e. The van der Waals surface area contributed by atoms with E-state index in [1.807, 2.05) is 41.1 Å². The topological polar surface area (TPSA) is 67.2 Å². The fourth-order valence-corrected chi connectivity index (χ4v) is 5.24. The summed E-state index contributed by atoms with van der Waals surface area (Å²) in [7, 11) is 0. The van der Waals surface area contributed by atoms with Crippen molar-refractivity contribution in [1.82, 2.24) is 14.7 Å². The molecule has 1 aromatic carbocycles. The minimum atomic E-state index is 0.00717. The molecular formula is C24H30N4O2. The highest BCUT2D eigenvalue weighted by Crippen LogP contribution is 2.66. The number of nitrogens with zero attached hydrogens (tertiary/aromatic N) is 3. The van der Waals surface area contributed by atoms with Crippen molar-refractivity contribution in [2.75, 3.05) is 18.4 Å². The molecule has 1 atom stereocenters. The van der Waals surface area contributed by atoms with Crippen molar-refractivity contribution >= 4 is 17.6 Å². The summed E-state index contributed by atoms with van der Waals surface area (Å²) < 4.78 is 1.94. The molecular weight excluding hydrogens is 376 g/mol. The number of likely N-dealkylation sites (tertiary alicyclic amines) is 1. The average Bonchev–Trinajstić information content (AvgIpc) is 3.38. The summed E-state index contributed by atoms with van der Waals surface area (Å²) in [6, 6.07) is 12.1. The molecule has 2 aromatic rings. The molecule has 6 nitrogen and oxygen atoms in total. The molecule has 3 aliphatic rings. The van der Waals surface area contributed by atoms with E-state index < -0.39 is 0 Å². The molecule has 158 valence electrons. The maximum absolute atomic E-state index is 12.8. The SMILES string of the molecule is O=C(CCc1ccccc1)Nc1ccnn1C1CCN(C(=O)C2CC23CCC3)CC1. The zero-order chi connectivity index (χ0) is 20.6. The van der Waals surface area contributed by atoms with Crippen molar-refractivity contribution in [3.05, 3.63) is 48.2 Å². The third kappa shape index (κ3) is 3.75. The Morgan fingerprint density at radius 1 is 1.10 bits per heavy atom. The van der Waals surface area contributed by atoms with E-state index in [0.717, 1.165) is 50.2 Å². The average molecular weight is 407 g/mol. The summed E-state index contributed by atoms with van der Waals surface area (Å²) in [4.78, 5) is 27.3. The van der Waals surface area contributed by atoms with Crippen LogP contribution in [0.4, 0.5) is 5.82 Å². The minimum absolute atomic E-state index is 0.00717. The van der Waals surface area contributed by atoms with Gasteiger partial charge in [-0.1, -0.05) is 36.8 Å². The summed E-state index contributed by atoms with van der Waals surface area (Å²) in [5, 5.41) is 7.50. The van der Waals surface area contributed by atoms with E-state index in [1.54, 1.807) is 6.20 Å². The quantitative estimate of drug-likeness (QED) is 0.793. The number of aryl methyl sites for hydroxylation is 1. The van der Waals surface area contributed by atoms with E-state index in [1.165, 1.54) is 19.3 Å². The molecule has 1 aliphatic heterocycles. The van der Waals surface area contributed by atoms with Crippen molar-refractivity contribution < 1.29 is 9.59 Å². The Hall–Kier alpha value is -2.63. The van der Waals surface area contributed by atoms with Crippen LogP contribution < -0.4 is 5.32 Å². The predicted molar refractivity (Wildman–Crippen MR) is 115 cm³/mol. The van der Waals surface area contributed by atoms with Crippen molar-refractivity contribution in [1.29, 1.82) is 0 Å². The number of nitrogens with one attached hydrogen (secondary N) is 1. The van der Waals surface area contributed by atoms with Gasteiger partial charge < -0.3 is 10.2 Å². The monoisotopic (exact) mass is 406 g/mol. The highest BCUT2D eigenvalue weighted by atomic mass is 16.2. The fraction of sp³-hybridized carbons (Fsp3) is 0.542. The first kappa shape index (κ1) is 19.3. The van der Waals surface area contributed by atoms with Crippen molar-refractivity contribution in [3.63, 3.8) is 0 Å². The van der Waals surface area contributed by atoms with Gasteiger partial charge >= 0.3 is 0 Å². The lowest BCUT2D eigenvalue weighted by molar-refractivity contribution is -0.135. The number of rotatable bonds is 6. The molecule has 0 bridgehead atoms. The van der Waals surface area contributed by atoms with Crippen LogP contribution in [0.3, 0.4) is 0 Å². The van der Waals surface area contributed by atoms with Gasteiger partial charge in [-0.25, -0.2) is 4.68 Å². The van der Waals surface area contributed by atoms with E-state index in [0.29, 0.717) is 23.7 Å². The van der Waals surface area contributed by atoms with E-state index in [9.17, 15) is 9.59 Å². The Balaban J connectivity index is 1.13. The van der Waals surface area contributed by atoms with Gasteiger partial charge in [0.2, 0.25) is 11.8 Å². The van der Waals surface area contributed by atoms with Crippen LogP contribution in [0.1, 0.15) is 56.6 Å². The molecule has 1 spiro atoms. The number of hydrogen-bond donors (Lipinski definition) is 1. The highest BCUT2D eigenvalue weighted by Gasteiger charge is 2.61. The largest absolute Gasteiger partial charge is 0.342 e. The lowest BCUT2D eigenvalue weighted by Crippen LogP contribution is -2.41. The lowest BCUT2D eigenvalue weighted by Gasteiger charge is -2.34. The van der Waals surface area contributed by atoms with Crippen molar-refractivity contribution in [3.8, 4) is 0 Å². The van der Waals surface area contributed by atoms with Gasteiger partial charge in [0.15, 0.2) is 0 Å². The van der Waals surface area contributed by atoms with Crippen LogP contribution in [0.5, 0.6) is 0 Å². The van der Waals surface area contributed by atoms with Gasteiger partial charge in [-0.3, -0.25) is 9.59 Å². The van der Waals surface area contributed by atoms with Gasteiger partial charge in [0, 0.05) is 31.5 Å². The third-order valence-electron chi connectivity index (χ3n) is 7.38. The van der Waals surface area contributed by atoms with E-state index in [4.69, 9.17) is 0 Å². The Morgan fingerprint density at radius 3 is 2.53 bits per heavy atom. The molecule has 2 aliphatic carbocycles. The van der Waals surface area contributed by atoms with Gasteiger partial charge in [-0.2, -0.15) is 5.10 Å². The van der Waals surface area contributed by atoms with Gasteiger partial charge in [0.1, 0.15) is 5.82 Å². The van der Waals surface area contributed by atoms with Gasteiger partial charge in [-0.15, -0.1) is 0 Å². The fourth-order valence-electron chi connectivity index (χ4n) is 5.24. The van der Waals surface area contributed by atoms with Gasteiger partial charge in [0.05, 0.1) is 12.2 Å². The molecule has 1 aromatic heterocycles. The summed E-state index contributed by atoms with van der Waals surface area (Å²) in [6.07, 6.45) is 9.61. The van der Waals surface area contributed by atoms with Gasteiger partial charge in [-0.05, 0) is 49.5 Å². The molecule has 3 fully saturated rings. The van der Waals surface area contributed by atoms with E-state index in [2.05, 4.69) is 15.3 Å². The summed E-state index contributed by atoms with van der Waals surface area (Å²) in [6.45, 7) is 1.58. The number of aromatic nitrogens is 2. The molecule has 2 heterocycles. The van der Waals surface area contributed by atoms with E-state index >= 15 is 0 Å². The van der Waals surface area contributed by atoms with Crippen molar-refractivity contribution in [2.45, 2.75) is 57.4 Å². The zero-order valence-electron chi connectivity index (χ0n) is 17.4. The van der Waals surface area contributed by atoms with Crippen LogP contribution in [-0.2, 0) is 16.0 Å². The highest BCUT2D eigenvalue weighted by molar-refractivity contribution is 5.90. The molecule has 1 unspecified atom stereocenters. The number of anilines is 1. The van der Waals surface area contributed by atoms with Crippen molar-refractivity contribution in [2.24, 2.45) is 11.3 Å². The number of piperidine rings is 1. The molecule has 2 saturated carbocycles. The second-order valence-electron chi connectivity index (χ2n) is 9.22. The molecule has 2 amide bonds. The summed E-state index contributed by atoms with van der Waals surface area (Å²) in [5.41, 5.74) is 1.56. The third-order valence-corrected chi connectivity index (χ3v) is 7.38. The Kier molecular flexibility index (Phi) is 5.09. The van der Waals surface area contributed by atoms with E-state index in [-0.39, 0.29) is 11.9 Å². The van der Waals surface area contributed by atoms with Crippen LogP contribution >= 0.6 is 0 Å². The summed E-state index contributed by atoms with van der Waals surface area (Å²) >= 11 is 0. The first-order valence-electron chi connectivity index (χ1n) is 11.3. The molecule has 30 heavy (non-hydrogen) atoms. The van der Waals surface area contributed by atoms with Crippen LogP contribution in [0.25, 0.3) is 0 Å². The summed E-state index contributed by atoms with van der Waals surface area (Å²) in [5.74, 6) is 1.44. The predicted octanol–water partition coefficient (Wildman–Crippen LogP) is 3.81. The number of carbonyl (C=O) groups is 2. The standard InChI is InChI=1S/C24H30N4O2/c29-22(8-7-18-5-2-1-3-6-18)26-21-9-14-25-28(21)19-10-15-27(16-11-19)23(30)20-17-24(20)12-4-13-24/h1-3,5-6,9,14,19-20H,4,7-8,10-13,15-17H2,(H,26,29). The van der Waals surface area contributed by atoms with Crippen LogP contribution in [-0.4, -0.2) is 39.6 Å². The van der Waals surface area contributed by atoms with Crippen LogP contribution in [0.2, 0.25) is 0 Å². The second kappa shape index (κ2) is 7.89. The molecule has 5 rings (SSSR count).